The number of para-hydroxylation sites is 1. The van der Waals surface area contributed by atoms with Crippen molar-refractivity contribution < 1.29 is 45.2 Å². The largest absolute Gasteiger partial charge is 0.463 e. The Morgan fingerprint density at radius 1 is 1.35 bits per heavy atom. The minimum atomic E-state index is -4.60. The van der Waals surface area contributed by atoms with Crippen LogP contribution in [0.1, 0.15) is 29.7 Å². The third-order valence-corrected chi connectivity index (χ3v) is 7.98. The van der Waals surface area contributed by atoms with Crippen molar-refractivity contribution in [2.75, 3.05) is 25.1 Å². The number of aromatic amines is 1. The molecular weight excluding hydrogens is 550 g/mol. The van der Waals surface area contributed by atoms with Gasteiger partial charge in [-0.25, -0.2) is 8.96 Å². The highest BCUT2D eigenvalue weighted by Crippen LogP contribution is 2.51. The van der Waals surface area contributed by atoms with Crippen molar-refractivity contribution in [2.24, 2.45) is 5.92 Å². The molecule has 2 aromatic heterocycles. The topological polar surface area (TPSA) is 188 Å². The molecule has 1 fully saturated rings. The van der Waals surface area contributed by atoms with Gasteiger partial charge in [0.1, 0.15) is 24.6 Å². The van der Waals surface area contributed by atoms with E-state index >= 15 is 0 Å². The lowest BCUT2D eigenvalue weighted by atomic mass is 9.95. The van der Waals surface area contributed by atoms with Gasteiger partial charge in [0.05, 0.1) is 32.9 Å². The molecule has 0 saturated carbocycles. The SMILES string of the molecule is [2H]C([2H])(O[P@](=O)(C[C@@H](C)C(=O)OC(C)C)Oc1ccccc1)[C@H]1O[C@@H](n2ccc3c(=O)[nH]c(N)nc32)C(O)(CF)[C@H]1O. The van der Waals surface area contributed by atoms with Gasteiger partial charge in [0, 0.05) is 6.20 Å². The lowest BCUT2D eigenvalue weighted by Gasteiger charge is -2.29. The fourth-order valence-corrected chi connectivity index (χ4v) is 5.87. The number of nitrogens with two attached hydrogens (primary N) is 1. The molecule has 1 saturated heterocycles. The number of hydrogen-bond donors (Lipinski definition) is 4. The Hall–Kier alpha value is -3.29. The van der Waals surface area contributed by atoms with E-state index in [9.17, 15) is 28.8 Å². The summed E-state index contributed by atoms with van der Waals surface area (Å²) in [4.78, 5) is 31.0. The molecule has 4 rings (SSSR count). The summed E-state index contributed by atoms with van der Waals surface area (Å²) < 4.78 is 68.3. The number of fused-ring (bicyclic) bond motifs is 1. The van der Waals surface area contributed by atoms with Crippen LogP contribution in [0.2, 0.25) is 0 Å². The van der Waals surface area contributed by atoms with E-state index in [1.54, 1.807) is 32.0 Å². The summed E-state index contributed by atoms with van der Waals surface area (Å²) in [5.41, 5.74) is 2.08. The van der Waals surface area contributed by atoms with Crippen LogP contribution in [0.5, 0.6) is 5.75 Å². The number of nitrogens with one attached hydrogen (secondary N) is 1. The standard InChI is InChI=1S/C25H32FN4O9P/c1-14(2)37-22(33)15(3)12-40(35,39-16-7-5-4-6-8-16)36-11-18-19(31)25(34,13-26)23(38-18)30-10-9-17-20(30)28-24(27)29-21(17)32/h4-10,14-15,18-19,23,31,34H,11-13H2,1-3H3,(H3,27,28,29,32)/t15-,18-,19+,23-,25?,40-/m1/s1/i11D2. The molecule has 1 aliphatic rings. The number of hydrogen-bond acceptors (Lipinski definition) is 11. The number of rotatable bonds is 11. The second-order valence-electron chi connectivity index (χ2n) is 9.68. The number of nitrogen functional groups attached to an aromatic ring is 1. The van der Waals surface area contributed by atoms with Gasteiger partial charge in [0.15, 0.2) is 17.5 Å². The minimum absolute atomic E-state index is 0.00533. The van der Waals surface area contributed by atoms with Gasteiger partial charge in [0.25, 0.3) is 5.56 Å². The number of benzene rings is 1. The maximum atomic E-state index is 14.4. The number of halogens is 1. The molecule has 0 bridgehead atoms. The number of carbonyl (C=O) groups excluding carboxylic acids is 1. The number of aromatic nitrogens is 3. The number of anilines is 1. The van der Waals surface area contributed by atoms with Crippen molar-refractivity contribution in [2.45, 2.75) is 50.9 Å². The predicted molar refractivity (Wildman–Crippen MR) is 141 cm³/mol. The molecule has 0 amide bonds. The first-order valence-electron chi connectivity index (χ1n) is 13.3. The smallest absolute Gasteiger partial charge is 0.380 e. The molecule has 0 radical (unpaired) electrons. The molecule has 1 unspecified atom stereocenters. The maximum absolute atomic E-state index is 14.4. The van der Waals surface area contributed by atoms with Crippen molar-refractivity contribution in [3.63, 3.8) is 0 Å². The number of ether oxygens (including phenoxy) is 2. The van der Waals surface area contributed by atoms with Crippen LogP contribution < -0.4 is 15.8 Å². The fraction of sp³-hybridized carbons (Fsp3) is 0.480. The van der Waals surface area contributed by atoms with E-state index in [-0.39, 0.29) is 22.7 Å². The van der Waals surface area contributed by atoms with E-state index in [1.807, 2.05) is 0 Å². The maximum Gasteiger partial charge on any atom is 0.380 e. The number of carbonyl (C=O) groups is 1. The van der Waals surface area contributed by atoms with Crippen molar-refractivity contribution in [3.8, 4) is 5.75 Å². The molecule has 0 aliphatic carbocycles. The number of alkyl halides is 1. The lowest BCUT2D eigenvalue weighted by molar-refractivity contribution is -0.151. The van der Waals surface area contributed by atoms with E-state index < -0.39 is 74.6 Å². The van der Waals surface area contributed by atoms with E-state index in [0.29, 0.717) is 0 Å². The number of H-pyrrole nitrogens is 1. The zero-order chi connectivity index (χ0) is 31.0. The first-order valence-corrected chi connectivity index (χ1v) is 14.1. The summed E-state index contributed by atoms with van der Waals surface area (Å²) in [6.45, 7) is -0.193. The minimum Gasteiger partial charge on any atom is -0.463 e. The van der Waals surface area contributed by atoms with Crippen molar-refractivity contribution in [1.82, 2.24) is 14.5 Å². The van der Waals surface area contributed by atoms with Crippen molar-refractivity contribution in [3.05, 3.63) is 52.9 Å². The highest BCUT2D eigenvalue weighted by molar-refractivity contribution is 7.54. The zero-order valence-electron chi connectivity index (χ0n) is 23.9. The van der Waals surface area contributed by atoms with Crippen molar-refractivity contribution >= 4 is 30.5 Å². The van der Waals surface area contributed by atoms with Crippen LogP contribution in [-0.4, -0.2) is 74.0 Å². The van der Waals surface area contributed by atoms with Crippen LogP contribution in [0.3, 0.4) is 0 Å². The Morgan fingerprint density at radius 2 is 2.05 bits per heavy atom. The normalized spacial score (nSPS) is 26.2. The highest BCUT2D eigenvalue weighted by atomic mass is 31.2. The Balaban J connectivity index is 1.68. The number of aliphatic hydroxyl groups is 2. The molecule has 15 heteroatoms. The first-order chi connectivity index (χ1) is 19.6. The molecule has 6 atom stereocenters. The van der Waals surface area contributed by atoms with Gasteiger partial charge in [-0.2, -0.15) is 4.98 Å². The summed E-state index contributed by atoms with van der Waals surface area (Å²) in [5, 5.41) is 22.1. The zero-order valence-corrected chi connectivity index (χ0v) is 22.8. The van der Waals surface area contributed by atoms with Gasteiger partial charge in [-0.15, -0.1) is 0 Å². The summed E-state index contributed by atoms with van der Waals surface area (Å²) in [6.07, 6.45) is -6.17. The number of aliphatic hydroxyl groups excluding tert-OH is 1. The first kappa shape index (κ1) is 26.9. The fourth-order valence-electron chi connectivity index (χ4n) is 4.16. The van der Waals surface area contributed by atoms with Crippen molar-refractivity contribution in [1.29, 1.82) is 0 Å². The Kier molecular flexibility index (Phi) is 7.85. The van der Waals surface area contributed by atoms with E-state index in [1.165, 1.54) is 31.3 Å². The third-order valence-electron chi connectivity index (χ3n) is 6.12. The van der Waals surface area contributed by atoms with E-state index in [4.69, 9.17) is 27.0 Å². The number of esters is 1. The van der Waals surface area contributed by atoms with Crippen LogP contribution in [0, 0.1) is 5.92 Å². The van der Waals surface area contributed by atoms with Gasteiger partial charge in [-0.05, 0) is 32.0 Å². The molecule has 13 nitrogen and oxygen atoms in total. The molecule has 1 aliphatic heterocycles. The van der Waals surface area contributed by atoms with Gasteiger partial charge >= 0.3 is 13.6 Å². The van der Waals surface area contributed by atoms with Crippen LogP contribution in [0.15, 0.2) is 47.4 Å². The average Bonchev–Trinajstić information content (AvgIpc) is 3.42. The van der Waals surface area contributed by atoms with Crippen LogP contribution >= 0.6 is 7.60 Å². The number of nitrogens with zero attached hydrogens (tertiary/aromatic N) is 2. The van der Waals surface area contributed by atoms with E-state index in [2.05, 4.69) is 9.97 Å². The predicted octanol–water partition coefficient (Wildman–Crippen LogP) is 2.14. The van der Waals surface area contributed by atoms with E-state index in [0.717, 1.165) is 4.57 Å². The van der Waals surface area contributed by atoms with Gasteiger partial charge in [-0.3, -0.25) is 19.1 Å². The highest BCUT2D eigenvalue weighted by Gasteiger charge is 2.57. The second-order valence-corrected chi connectivity index (χ2v) is 11.6. The third kappa shape index (κ3) is 6.06. The van der Waals surface area contributed by atoms with Gasteiger partial charge in [-0.1, -0.05) is 25.1 Å². The Labute approximate surface area is 231 Å². The summed E-state index contributed by atoms with van der Waals surface area (Å²) in [7, 11) is -4.60. The van der Waals surface area contributed by atoms with Crippen LogP contribution in [0.4, 0.5) is 10.3 Å². The molecule has 40 heavy (non-hydrogen) atoms. The van der Waals surface area contributed by atoms with Crippen LogP contribution in [-0.2, 0) is 23.4 Å². The Morgan fingerprint density at radius 3 is 2.70 bits per heavy atom. The molecule has 3 aromatic rings. The molecule has 218 valence electrons. The molecule has 5 N–H and O–H groups in total. The Bertz CT molecular complexity index is 1540. The monoisotopic (exact) mass is 584 g/mol. The summed E-state index contributed by atoms with van der Waals surface area (Å²) in [5.74, 6) is -2.09. The van der Waals surface area contributed by atoms with Gasteiger partial charge < -0.3 is 34.5 Å². The molecule has 0 spiro atoms. The molecular formula is C25H32FN4O9P. The molecule has 1 aromatic carbocycles. The summed E-state index contributed by atoms with van der Waals surface area (Å²) in [6, 6.07) is 8.93. The summed E-state index contributed by atoms with van der Waals surface area (Å²) >= 11 is 0. The average molecular weight is 585 g/mol. The van der Waals surface area contributed by atoms with Crippen LogP contribution in [0.25, 0.3) is 11.0 Å². The second kappa shape index (κ2) is 11.7. The lowest BCUT2D eigenvalue weighted by Crippen LogP contribution is -2.49. The molecule has 3 heterocycles. The quantitative estimate of drug-likeness (QED) is 0.191. The van der Waals surface area contributed by atoms with Gasteiger partial charge in [0.2, 0.25) is 5.95 Å².